The number of rotatable bonds is 2. The molecule has 0 radical (unpaired) electrons. The van der Waals surface area contributed by atoms with E-state index in [9.17, 15) is 9.18 Å². The number of hydrogen-bond donors (Lipinski definition) is 1. The van der Waals surface area contributed by atoms with Crippen molar-refractivity contribution in [3.8, 4) is 11.3 Å². The van der Waals surface area contributed by atoms with Crippen molar-refractivity contribution >= 4 is 0 Å². The SMILES string of the molecule is Cc1nc(-c2cnc(=O)[nH]c2)cc(C2CC2F)n1. The van der Waals surface area contributed by atoms with Gasteiger partial charge in [-0.3, -0.25) is 0 Å². The van der Waals surface area contributed by atoms with Gasteiger partial charge in [0, 0.05) is 23.9 Å². The van der Waals surface area contributed by atoms with Gasteiger partial charge < -0.3 is 4.98 Å². The summed E-state index contributed by atoms with van der Waals surface area (Å²) in [7, 11) is 0. The fraction of sp³-hybridized carbons (Fsp3) is 0.333. The van der Waals surface area contributed by atoms with Crippen LogP contribution < -0.4 is 5.69 Å². The van der Waals surface area contributed by atoms with Crippen molar-refractivity contribution in [2.24, 2.45) is 0 Å². The normalized spacial score (nSPS) is 21.9. The van der Waals surface area contributed by atoms with E-state index in [2.05, 4.69) is 19.9 Å². The van der Waals surface area contributed by atoms with Crippen molar-refractivity contribution in [1.82, 2.24) is 19.9 Å². The third kappa shape index (κ3) is 2.01. The summed E-state index contributed by atoms with van der Waals surface area (Å²) in [6.45, 7) is 1.77. The highest BCUT2D eigenvalue weighted by Gasteiger charge is 2.40. The number of aromatic nitrogens is 4. The first-order valence-corrected chi connectivity index (χ1v) is 5.68. The second kappa shape index (κ2) is 3.97. The third-order valence-corrected chi connectivity index (χ3v) is 2.92. The first-order valence-electron chi connectivity index (χ1n) is 5.68. The Morgan fingerprint density at radius 1 is 1.44 bits per heavy atom. The van der Waals surface area contributed by atoms with Crippen LogP contribution in [-0.4, -0.2) is 26.1 Å². The predicted octanol–water partition coefficient (Wildman–Crippen LogP) is 1.36. The molecule has 2 aromatic rings. The quantitative estimate of drug-likeness (QED) is 0.868. The van der Waals surface area contributed by atoms with Gasteiger partial charge in [-0.05, 0) is 19.4 Å². The smallest absolute Gasteiger partial charge is 0.312 e. The molecule has 2 heterocycles. The van der Waals surface area contributed by atoms with Gasteiger partial charge in [-0.15, -0.1) is 0 Å². The van der Waals surface area contributed by atoms with Gasteiger partial charge in [0.2, 0.25) is 0 Å². The molecule has 18 heavy (non-hydrogen) atoms. The van der Waals surface area contributed by atoms with Crippen LogP contribution in [0.15, 0.2) is 23.3 Å². The fourth-order valence-corrected chi connectivity index (χ4v) is 1.88. The van der Waals surface area contributed by atoms with Crippen LogP contribution in [-0.2, 0) is 0 Å². The van der Waals surface area contributed by atoms with Gasteiger partial charge >= 0.3 is 5.69 Å². The van der Waals surface area contributed by atoms with Crippen LogP contribution >= 0.6 is 0 Å². The number of H-pyrrole nitrogens is 1. The molecule has 2 unspecified atom stereocenters. The molecule has 0 amide bonds. The van der Waals surface area contributed by atoms with E-state index in [0.29, 0.717) is 23.5 Å². The zero-order valence-electron chi connectivity index (χ0n) is 9.72. The summed E-state index contributed by atoms with van der Waals surface area (Å²) in [5.41, 5.74) is 1.66. The lowest BCUT2D eigenvalue weighted by Gasteiger charge is -2.04. The molecule has 1 saturated carbocycles. The summed E-state index contributed by atoms with van der Waals surface area (Å²) in [6, 6.07) is 1.76. The van der Waals surface area contributed by atoms with Crippen LogP contribution in [0.2, 0.25) is 0 Å². The monoisotopic (exact) mass is 246 g/mol. The Morgan fingerprint density at radius 3 is 2.83 bits per heavy atom. The van der Waals surface area contributed by atoms with Crippen molar-refractivity contribution < 1.29 is 4.39 Å². The van der Waals surface area contributed by atoms with Crippen LogP contribution in [0.3, 0.4) is 0 Å². The number of hydrogen-bond acceptors (Lipinski definition) is 4. The minimum Gasteiger partial charge on any atom is -0.312 e. The second-order valence-corrected chi connectivity index (χ2v) is 4.39. The van der Waals surface area contributed by atoms with Crippen molar-refractivity contribution in [3.05, 3.63) is 40.5 Å². The Hall–Kier alpha value is -2.11. The summed E-state index contributed by atoms with van der Waals surface area (Å²) in [5.74, 6) is 0.481. The van der Waals surface area contributed by atoms with Crippen LogP contribution in [0.1, 0.15) is 23.9 Å². The summed E-state index contributed by atoms with van der Waals surface area (Å²) in [5, 5.41) is 0. The number of nitrogens with one attached hydrogen (secondary N) is 1. The van der Waals surface area contributed by atoms with Gasteiger partial charge in [-0.2, -0.15) is 0 Å². The Labute approximate surface area is 102 Å². The molecule has 3 rings (SSSR count). The fourth-order valence-electron chi connectivity index (χ4n) is 1.88. The maximum Gasteiger partial charge on any atom is 0.344 e. The third-order valence-electron chi connectivity index (χ3n) is 2.92. The van der Waals surface area contributed by atoms with E-state index in [-0.39, 0.29) is 5.92 Å². The molecule has 92 valence electrons. The largest absolute Gasteiger partial charge is 0.344 e. The summed E-state index contributed by atoms with van der Waals surface area (Å²) in [6.07, 6.45) is 2.73. The lowest BCUT2D eigenvalue weighted by molar-refractivity contribution is 0.466. The minimum absolute atomic E-state index is 0.110. The molecular weight excluding hydrogens is 235 g/mol. The minimum atomic E-state index is -0.791. The molecule has 6 heteroatoms. The van der Waals surface area contributed by atoms with Gasteiger partial charge in [-0.25, -0.2) is 24.1 Å². The summed E-state index contributed by atoms with van der Waals surface area (Å²) in [4.78, 5) is 25.6. The molecule has 0 aromatic carbocycles. The van der Waals surface area contributed by atoms with Crippen LogP contribution in [0.5, 0.6) is 0 Å². The first-order chi connectivity index (χ1) is 8.63. The molecule has 1 fully saturated rings. The number of nitrogens with zero attached hydrogens (tertiary/aromatic N) is 3. The maximum absolute atomic E-state index is 13.1. The number of halogens is 1. The molecule has 0 aliphatic heterocycles. The van der Waals surface area contributed by atoms with E-state index in [1.165, 1.54) is 6.20 Å². The lowest BCUT2D eigenvalue weighted by Crippen LogP contribution is -2.08. The van der Waals surface area contributed by atoms with E-state index in [1.54, 1.807) is 19.2 Å². The second-order valence-electron chi connectivity index (χ2n) is 4.39. The zero-order chi connectivity index (χ0) is 12.7. The van der Waals surface area contributed by atoms with Crippen LogP contribution in [0.4, 0.5) is 4.39 Å². The summed E-state index contributed by atoms with van der Waals surface area (Å²) < 4.78 is 13.1. The van der Waals surface area contributed by atoms with E-state index >= 15 is 0 Å². The molecule has 2 atom stereocenters. The van der Waals surface area contributed by atoms with Crippen LogP contribution in [0, 0.1) is 6.92 Å². The van der Waals surface area contributed by atoms with Crippen molar-refractivity contribution in [2.75, 3.05) is 0 Å². The van der Waals surface area contributed by atoms with E-state index < -0.39 is 11.9 Å². The summed E-state index contributed by atoms with van der Waals surface area (Å²) >= 11 is 0. The Balaban J connectivity index is 2.03. The Kier molecular flexibility index (Phi) is 2.43. The van der Waals surface area contributed by atoms with Gasteiger partial charge in [0.1, 0.15) is 12.0 Å². The number of alkyl halides is 1. The maximum atomic E-state index is 13.1. The highest BCUT2D eigenvalue weighted by molar-refractivity contribution is 5.57. The molecule has 1 aliphatic carbocycles. The Bertz CT molecular complexity index is 634. The lowest BCUT2D eigenvalue weighted by atomic mass is 10.2. The highest BCUT2D eigenvalue weighted by Crippen LogP contribution is 2.43. The average Bonchev–Trinajstić information content (AvgIpc) is 3.07. The Morgan fingerprint density at radius 2 is 2.22 bits per heavy atom. The van der Waals surface area contributed by atoms with Crippen molar-refractivity contribution in [3.63, 3.8) is 0 Å². The van der Waals surface area contributed by atoms with E-state index in [4.69, 9.17) is 0 Å². The molecule has 5 nitrogen and oxygen atoms in total. The molecule has 0 spiro atoms. The predicted molar refractivity (Wildman–Crippen MR) is 62.9 cm³/mol. The van der Waals surface area contributed by atoms with E-state index in [0.717, 1.165) is 5.69 Å². The van der Waals surface area contributed by atoms with Gasteiger partial charge in [0.15, 0.2) is 0 Å². The van der Waals surface area contributed by atoms with Crippen LogP contribution in [0.25, 0.3) is 11.3 Å². The topological polar surface area (TPSA) is 71.5 Å². The molecule has 0 bridgehead atoms. The molecule has 0 saturated heterocycles. The van der Waals surface area contributed by atoms with Crippen molar-refractivity contribution in [2.45, 2.75) is 25.4 Å². The molecule has 1 aliphatic rings. The van der Waals surface area contributed by atoms with Crippen molar-refractivity contribution in [1.29, 1.82) is 0 Å². The zero-order valence-corrected chi connectivity index (χ0v) is 9.72. The van der Waals surface area contributed by atoms with Gasteiger partial charge in [-0.1, -0.05) is 0 Å². The van der Waals surface area contributed by atoms with Gasteiger partial charge in [0.25, 0.3) is 0 Å². The highest BCUT2D eigenvalue weighted by atomic mass is 19.1. The number of aromatic amines is 1. The van der Waals surface area contributed by atoms with Gasteiger partial charge in [0.05, 0.1) is 11.4 Å². The molecule has 1 N–H and O–H groups in total. The molecular formula is C12H11FN4O. The average molecular weight is 246 g/mol. The first kappa shape index (κ1) is 11.0. The van der Waals surface area contributed by atoms with E-state index in [1.807, 2.05) is 0 Å². The molecule has 2 aromatic heterocycles. The standard InChI is InChI=1S/C12H11FN4O/c1-6-16-10(7-4-14-12(18)15-5-7)3-11(17-6)8-2-9(8)13/h3-5,8-9H,2H2,1H3,(H,14,15,18). The number of aryl methyl sites for hydroxylation is 1.